The van der Waals surface area contributed by atoms with Crippen LogP contribution in [0.3, 0.4) is 0 Å². The lowest BCUT2D eigenvalue weighted by molar-refractivity contribution is -0.115. The van der Waals surface area contributed by atoms with E-state index in [2.05, 4.69) is 5.32 Å². The molecule has 3 aromatic carbocycles. The number of thioether (sulfide) groups is 1. The second kappa shape index (κ2) is 9.46. The molecule has 0 spiro atoms. The molecule has 1 aromatic heterocycles. The number of hydrogen-bond donors (Lipinski definition) is 1. The van der Waals surface area contributed by atoms with Crippen molar-refractivity contribution in [3.63, 3.8) is 0 Å². The SMILES string of the molecule is Cc1cccc(NC(=O)CCSc2nc(-c3ccccc3)c(-c3ccccc3)o2)c1. The van der Waals surface area contributed by atoms with Gasteiger partial charge in [-0.05, 0) is 24.6 Å². The van der Waals surface area contributed by atoms with E-state index in [-0.39, 0.29) is 5.91 Å². The van der Waals surface area contributed by atoms with Crippen molar-refractivity contribution in [1.82, 2.24) is 4.98 Å². The molecule has 0 aliphatic carbocycles. The lowest BCUT2D eigenvalue weighted by Crippen LogP contribution is -2.12. The fourth-order valence-corrected chi connectivity index (χ4v) is 3.88. The summed E-state index contributed by atoms with van der Waals surface area (Å²) in [6.45, 7) is 2.00. The lowest BCUT2D eigenvalue weighted by Gasteiger charge is -2.05. The highest BCUT2D eigenvalue weighted by atomic mass is 32.2. The zero-order valence-corrected chi connectivity index (χ0v) is 17.5. The van der Waals surface area contributed by atoms with Gasteiger partial charge in [0.15, 0.2) is 5.76 Å². The Balaban J connectivity index is 1.45. The van der Waals surface area contributed by atoms with E-state index in [4.69, 9.17) is 9.40 Å². The van der Waals surface area contributed by atoms with Gasteiger partial charge in [0.2, 0.25) is 5.91 Å². The smallest absolute Gasteiger partial charge is 0.256 e. The van der Waals surface area contributed by atoms with Crippen molar-refractivity contribution in [3.05, 3.63) is 90.5 Å². The molecule has 30 heavy (non-hydrogen) atoms. The van der Waals surface area contributed by atoms with E-state index < -0.39 is 0 Å². The number of rotatable bonds is 7. The van der Waals surface area contributed by atoms with Crippen molar-refractivity contribution in [2.75, 3.05) is 11.1 Å². The zero-order chi connectivity index (χ0) is 20.8. The average molecular weight is 415 g/mol. The van der Waals surface area contributed by atoms with Crippen LogP contribution in [0, 0.1) is 6.92 Å². The maximum absolute atomic E-state index is 12.3. The summed E-state index contributed by atoms with van der Waals surface area (Å²) in [4.78, 5) is 17.0. The van der Waals surface area contributed by atoms with Gasteiger partial charge in [0.1, 0.15) is 5.69 Å². The van der Waals surface area contributed by atoms with Crippen LogP contribution in [0.4, 0.5) is 5.69 Å². The number of oxazole rings is 1. The van der Waals surface area contributed by atoms with E-state index in [1.807, 2.05) is 91.9 Å². The van der Waals surface area contributed by atoms with Crippen molar-refractivity contribution in [2.45, 2.75) is 18.6 Å². The predicted molar refractivity (Wildman–Crippen MR) is 123 cm³/mol. The summed E-state index contributed by atoms with van der Waals surface area (Å²) in [5.41, 5.74) is 4.73. The molecule has 1 N–H and O–H groups in total. The molecule has 0 aliphatic heterocycles. The van der Waals surface area contributed by atoms with Gasteiger partial charge in [0.05, 0.1) is 0 Å². The van der Waals surface area contributed by atoms with Crippen LogP contribution in [0.25, 0.3) is 22.6 Å². The second-order valence-corrected chi connectivity index (χ2v) is 7.95. The number of benzene rings is 3. The number of hydrogen-bond acceptors (Lipinski definition) is 4. The van der Waals surface area contributed by atoms with Gasteiger partial charge in [-0.1, -0.05) is 84.6 Å². The zero-order valence-electron chi connectivity index (χ0n) is 16.7. The molecule has 0 unspecified atom stereocenters. The Morgan fingerprint density at radius 3 is 2.33 bits per heavy atom. The molecule has 5 heteroatoms. The fourth-order valence-electron chi connectivity index (χ4n) is 3.12. The average Bonchev–Trinajstić information content (AvgIpc) is 3.19. The molecule has 4 rings (SSSR count). The molecule has 0 saturated carbocycles. The third-order valence-corrected chi connectivity index (χ3v) is 5.38. The molecular formula is C25H22N2O2S. The van der Waals surface area contributed by atoms with E-state index in [0.717, 1.165) is 33.8 Å². The van der Waals surface area contributed by atoms with Gasteiger partial charge in [0, 0.05) is 29.0 Å². The van der Waals surface area contributed by atoms with Crippen LogP contribution >= 0.6 is 11.8 Å². The Hall–Kier alpha value is -3.31. The number of carbonyl (C=O) groups is 1. The highest BCUT2D eigenvalue weighted by Gasteiger charge is 2.17. The number of nitrogens with one attached hydrogen (secondary N) is 1. The molecule has 4 nitrogen and oxygen atoms in total. The van der Waals surface area contributed by atoms with Gasteiger partial charge in [-0.15, -0.1) is 0 Å². The highest BCUT2D eigenvalue weighted by molar-refractivity contribution is 7.99. The molecule has 4 aromatic rings. The topological polar surface area (TPSA) is 55.1 Å². The first kappa shape index (κ1) is 20.0. The summed E-state index contributed by atoms with van der Waals surface area (Å²) < 4.78 is 6.09. The van der Waals surface area contributed by atoms with Crippen LogP contribution < -0.4 is 5.32 Å². The standard InChI is InChI=1S/C25H22N2O2S/c1-18-9-8-14-21(17-18)26-22(28)15-16-30-25-27-23(19-10-4-2-5-11-19)24(29-25)20-12-6-3-7-13-20/h2-14,17H,15-16H2,1H3,(H,26,28). The van der Waals surface area contributed by atoms with Crippen molar-refractivity contribution < 1.29 is 9.21 Å². The highest BCUT2D eigenvalue weighted by Crippen LogP contribution is 2.35. The first-order chi connectivity index (χ1) is 14.7. The van der Waals surface area contributed by atoms with Crippen molar-refractivity contribution >= 4 is 23.4 Å². The number of aryl methyl sites for hydroxylation is 1. The number of nitrogens with zero attached hydrogens (tertiary/aromatic N) is 1. The summed E-state index contributed by atoms with van der Waals surface area (Å²) in [6.07, 6.45) is 0.377. The molecule has 0 atom stereocenters. The summed E-state index contributed by atoms with van der Waals surface area (Å²) in [6, 6.07) is 27.7. The Morgan fingerprint density at radius 2 is 1.63 bits per heavy atom. The van der Waals surface area contributed by atoms with Crippen LogP contribution in [0.1, 0.15) is 12.0 Å². The number of anilines is 1. The van der Waals surface area contributed by atoms with Gasteiger partial charge in [-0.3, -0.25) is 4.79 Å². The van der Waals surface area contributed by atoms with Crippen LogP contribution in [-0.4, -0.2) is 16.6 Å². The Labute approximate surface area is 180 Å². The molecule has 0 bridgehead atoms. The maximum atomic E-state index is 12.3. The number of carbonyl (C=O) groups excluding carboxylic acids is 1. The van der Waals surface area contributed by atoms with E-state index >= 15 is 0 Å². The molecule has 0 fully saturated rings. The number of amides is 1. The summed E-state index contributed by atoms with van der Waals surface area (Å²) in [5.74, 6) is 1.31. The van der Waals surface area contributed by atoms with Crippen LogP contribution in [0.2, 0.25) is 0 Å². The Morgan fingerprint density at radius 1 is 0.933 bits per heavy atom. The van der Waals surface area contributed by atoms with Crippen LogP contribution in [0.15, 0.2) is 94.6 Å². The summed E-state index contributed by atoms with van der Waals surface area (Å²) >= 11 is 1.45. The Kier molecular flexibility index (Phi) is 6.30. The minimum Gasteiger partial charge on any atom is -0.431 e. The monoisotopic (exact) mass is 414 g/mol. The molecule has 0 radical (unpaired) electrons. The normalized spacial score (nSPS) is 10.7. The minimum absolute atomic E-state index is 0.0220. The van der Waals surface area contributed by atoms with E-state index in [9.17, 15) is 4.79 Å². The van der Waals surface area contributed by atoms with Gasteiger partial charge < -0.3 is 9.73 Å². The summed E-state index contributed by atoms with van der Waals surface area (Å²) in [7, 11) is 0. The van der Waals surface area contributed by atoms with E-state index in [1.54, 1.807) is 0 Å². The van der Waals surface area contributed by atoms with Gasteiger partial charge in [-0.2, -0.15) is 0 Å². The van der Waals surface area contributed by atoms with Crippen LogP contribution in [0.5, 0.6) is 0 Å². The van der Waals surface area contributed by atoms with Gasteiger partial charge in [0.25, 0.3) is 5.22 Å². The third kappa shape index (κ3) is 4.99. The molecular weight excluding hydrogens is 392 g/mol. The van der Waals surface area contributed by atoms with E-state index in [1.165, 1.54) is 11.8 Å². The molecule has 150 valence electrons. The third-order valence-electron chi connectivity index (χ3n) is 4.55. The van der Waals surface area contributed by atoms with Crippen molar-refractivity contribution in [3.8, 4) is 22.6 Å². The first-order valence-electron chi connectivity index (χ1n) is 9.80. The minimum atomic E-state index is -0.0220. The van der Waals surface area contributed by atoms with Gasteiger partial charge >= 0.3 is 0 Å². The largest absolute Gasteiger partial charge is 0.431 e. The maximum Gasteiger partial charge on any atom is 0.256 e. The molecule has 0 aliphatic rings. The Bertz CT molecular complexity index is 1070. The number of aromatic nitrogens is 1. The van der Waals surface area contributed by atoms with Crippen LogP contribution in [-0.2, 0) is 4.79 Å². The second-order valence-electron chi connectivity index (χ2n) is 6.91. The van der Waals surface area contributed by atoms with Crippen molar-refractivity contribution in [1.29, 1.82) is 0 Å². The molecule has 1 heterocycles. The molecule has 0 saturated heterocycles. The quantitative estimate of drug-likeness (QED) is 0.354. The van der Waals surface area contributed by atoms with E-state index in [0.29, 0.717) is 17.4 Å². The van der Waals surface area contributed by atoms with Crippen molar-refractivity contribution in [2.24, 2.45) is 0 Å². The summed E-state index contributed by atoms with van der Waals surface area (Å²) in [5, 5.41) is 3.50. The molecule has 1 amide bonds. The fraction of sp³-hybridized carbons (Fsp3) is 0.120. The predicted octanol–water partition coefficient (Wildman–Crippen LogP) is 6.44. The lowest BCUT2D eigenvalue weighted by atomic mass is 10.1. The van der Waals surface area contributed by atoms with Gasteiger partial charge in [-0.25, -0.2) is 4.98 Å². The first-order valence-corrected chi connectivity index (χ1v) is 10.8.